The third-order valence-corrected chi connectivity index (χ3v) is 5.45. The molecule has 0 bridgehead atoms. The molecule has 1 aliphatic rings. The highest BCUT2D eigenvalue weighted by Crippen LogP contribution is 2.31. The van der Waals surface area contributed by atoms with Crippen molar-refractivity contribution in [2.24, 2.45) is 17.6 Å². The zero-order valence-corrected chi connectivity index (χ0v) is 13.2. The molecule has 19 heavy (non-hydrogen) atoms. The first-order chi connectivity index (χ1) is 9.10. The van der Waals surface area contributed by atoms with Crippen LogP contribution in [0.15, 0.2) is 5.51 Å². The summed E-state index contributed by atoms with van der Waals surface area (Å²) in [6.45, 7) is 6.54. The average Bonchev–Trinajstić information content (AvgIpc) is 2.78. The quantitative estimate of drug-likeness (QED) is 0.902. The van der Waals surface area contributed by atoms with E-state index in [1.165, 1.54) is 36.3 Å². The SMILES string of the molecule is CCC1CCC(N)C(CN(C)Cc2scnc2C)C1. The summed E-state index contributed by atoms with van der Waals surface area (Å²) in [5.74, 6) is 1.56. The normalized spacial score (nSPS) is 27.9. The molecule has 1 aromatic rings. The maximum atomic E-state index is 6.31. The van der Waals surface area contributed by atoms with Gasteiger partial charge in [0.15, 0.2) is 0 Å². The fourth-order valence-corrected chi connectivity index (χ4v) is 4.01. The van der Waals surface area contributed by atoms with Gasteiger partial charge in [-0.1, -0.05) is 13.3 Å². The van der Waals surface area contributed by atoms with Crippen LogP contribution in [0.1, 0.15) is 43.2 Å². The first kappa shape index (κ1) is 14.9. The molecule has 1 heterocycles. The highest BCUT2D eigenvalue weighted by molar-refractivity contribution is 7.09. The molecule has 1 aliphatic carbocycles. The minimum Gasteiger partial charge on any atom is -0.327 e. The Balaban J connectivity index is 1.87. The molecule has 0 aromatic carbocycles. The van der Waals surface area contributed by atoms with Gasteiger partial charge in [0.2, 0.25) is 0 Å². The Morgan fingerprint density at radius 1 is 1.47 bits per heavy atom. The van der Waals surface area contributed by atoms with Crippen LogP contribution < -0.4 is 5.73 Å². The molecular weight excluding hydrogens is 254 g/mol. The van der Waals surface area contributed by atoms with Gasteiger partial charge in [-0.25, -0.2) is 4.98 Å². The van der Waals surface area contributed by atoms with Gasteiger partial charge >= 0.3 is 0 Å². The lowest BCUT2D eigenvalue weighted by atomic mass is 9.77. The minimum absolute atomic E-state index is 0.396. The lowest BCUT2D eigenvalue weighted by Gasteiger charge is -2.36. The van der Waals surface area contributed by atoms with E-state index in [1.54, 1.807) is 11.3 Å². The molecule has 2 N–H and O–H groups in total. The maximum Gasteiger partial charge on any atom is 0.0798 e. The number of aromatic nitrogens is 1. The predicted octanol–water partition coefficient (Wildman–Crippen LogP) is 3.04. The molecule has 3 unspecified atom stereocenters. The van der Waals surface area contributed by atoms with Gasteiger partial charge in [-0.05, 0) is 45.1 Å². The summed E-state index contributed by atoms with van der Waals surface area (Å²) in [7, 11) is 2.21. The molecule has 1 saturated carbocycles. The third-order valence-electron chi connectivity index (χ3n) is 4.53. The molecule has 1 fully saturated rings. The Labute approximate surface area is 121 Å². The summed E-state index contributed by atoms with van der Waals surface area (Å²) in [6, 6.07) is 0.396. The molecule has 3 nitrogen and oxygen atoms in total. The van der Waals surface area contributed by atoms with Crippen LogP contribution in [0.2, 0.25) is 0 Å². The topological polar surface area (TPSA) is 42.1 Å². The van der Waals surface area contributed by atoms with Crippen molar-refractivity contribution in [2.75, 3.05) is 13.6 Å². The summed E-state index contributed by atoms with van der Waals surface area (Å²) >= 11 is 1.76. The largest absolute Gasteiger partial charge is 0.327 e. The Morgan fingerprint density at radius 3 is 2.89 bits per heavy atom. The van der Waals surface area contributed by atoms with Crippen molar-refractivity contribution < 1.29 is 0 Å². The predicted molar refractivity (Wildman–Crippen MR) is 82.3 cm³/mol. The Kier molecular flexibility index (Phi) is 5.37. The molecule has 2 rings (SSSR count). The molecule has 1 aromatic heterocycles. The number of nitrogens with two attached hydrogens (primary N) is 1. The monoisotopic (exact) mass is 281 g/mol. The molecule has 3 atom stereocenters. The van der Waals surface area contributed by atoms with Crippen molar-refractivity contribution in [3.8, 4) is 0 Å². The van der Waals surface area contributed by atoms with E-state index in [0.29, 0.717) is 12.0 Å². The molecule has 0 radical (unpaired) electrons. The number of nitrogens with zero attached hydrogens (tertiary/aromatic N) is 2. The van der Waals surface area contributed by atoms with E-state index in [4.69, 9.17) is 5.73 Å². The van der Waals surface area contributed by atoms with Crippen LogP contribution in [-0.4, -0.2) is 29.5 Å². The van der Waals surface area contributed by atoms with Crippen molar-refractivity contribution in [2.45, 2.75) is 52.1 Å². The van der Waals surface area contributed by atoms with E-state index in [9.17, 15) is 0 Å². The van der Waals surface area contributed by atoms with Crippen molar-refractivity contribution in [3.63, 3.8) is 0 Å². The second-order valence-corrected chi connectivity index (χ2v) is 7.01. The Hall–Kier alpha value is -0.450. The summed E-state index contributed by atoms with van der Waals surface area (Å²) in [4.78, 5) is 8.13. The standard InChI is InChI=1S/C15H27N3S/c1-4-12-5-6-14(16)13(7-12)8-18(3)9-15-11(2)17-10-19-15/h10,12-14H,4-9,16H2,1-3H3. The third kappa shape index (κ3) is 4.01. The molecule has 0 spiro atoms. The Bertz CT molecular complexity index is 390. The minimum atomic E-state index is 0.396. The van der Waals surface area contributed by atoms with Crippen LogP contribution in [0.3, 0.4) is 0 Å². The van der Waals surface area contributed by atoms with Gasteiger partial charge in [0.05, 0.1) is 11.2 Å². The number of aryl methyl sites for hydroxylation is 1. The van der Waals surface area contributed by atoms with Gasteiger partial charge in [0.1, 0.15) is 0 Å². The second-order valence-electron chi connectivity index (χ2n) is 6.07. The first-order valence-corrected chi connectivity index (χ1v) is 8.31. The van der Waals surface area contributed by atoms with E-state index in [0.717, 1.165) is 19.0 Å². The fourth-order valence-electron chi connectivity index (χ4n) is 3.15. The number of hydrogen-bond donors (Lipinski definition) is 1. The summed E-state index contributed by atoms with van der Waals surface area (Å²) in [5.41, 5.74) is 9.43. The molecule has 0 aliphatic heterocycles. The van der Waals surface area contributed by atoms with Crippen LogP contribution in [0.5, 0.6) is 0 Å². The van der Waals surface area contributed by atoms with Gasteiger partial charge in [-0.15, -0.1) is 11.3 Å². The zero-order valence-electron chi connectivity index (χ0n) is 12.4. The summed E-state index contributed by atoms with van der Waals surface area (Å²) < 4.78 is 0. The van der Waals surface area contributed by atoms with Crippen LogP contribution in [0, 0.1) is 18.8 Å². The maximum absolute atomic E-state index is 6.31. The zero-order chi connectivity index (χ0) is 13.8. The van der Waals surface area contributed by atoms with Gasteiger partial charge in [-0.2, -0.15) is 0 Å². The second kappa shape index (κ2) is 6.82. The fraction of sp³-hybridized carbons (Fsp3) is 0.800. The Morgan fingerprint density at radius 2 is 2.26 bits per heavy atom. The van der Waals surface area contributed by atoms with Crippen molar-refractivity contribution in [1.29, 1.82) is 0 Å². The van der Waals surface area contributed by atoms with Crippen LogP contribution in [0.4, 0.5) is 0 Å². The summed E-state index contributed by atoms with van der Waals surface area (Å²) in [5, 5.41) is 0. The molecule has 108 valence electrons. The highest BCUT2D eigenvalue weighted by atomic mass is 32.1. The first-order valence-electron chi connectivity index (χ1n) is 7.43. The number of rotatable bonds is 5. The van der Waals surface area contributed by atoms with E-state index in [-0.39, 0.29) is 0 Å². The van der Waals surface area contributed by atoms with Gasteiger partial charge in [0, 0.05) is 24.0 Å². The smallest absolute Gasteiger partial charge is 0.0798 e. The summed E-state index contributed by atoms with van der Waals surface area (Å²) in [6.07, 6.45) is 5.15. The highest BCUT2D eigenvalue weighted by Gasteiger charge is 2.28. The number of thiazole rings is 1. The van der Waals surface area contributed by atoms with E-state index in [1.807, 2.05) is 5.51 Å². The molecular formula is C15H27N3S. The van der Waals surface area contributed by atoms with Crippen molar-refractivity contribution >= 4 is 11.3 Å². The average molecular weight is 281 g/mol. The van der Waals surface area contributed by atoms with Crippen molar-refractivity contribution in [1.82, 2.24) is 9.88 Å². The van der Waals surface area contributed by atoms with Gasteiger partial charge in [0.25, 0.3) is 0 Å². The molecule has 4 heteroatoms. The van der Waals surface area contributed by atoms with Gasteiger partial charge < -0.3 is 10.6 Å². The van der Waals surface area contributed by atoms with E-state index >= 15 is 0 Å². The van der Waals surface area contributed by atoms with Crippen LogP contribution in [-0.2, 0) is 6.54 Å². The lowest BCUT2D eigenvalue weighted by molar-refractivity contribution is 0.168. The van der Waals surface area contributed by atoms with E-state index in [2.05, 4.69) is 30.8 Å². The van der Waals surface area contributed by atoms with Crippen LogP contribution >= 0.6 is 11.3 Å². The number of hydrogen-bond acceptors (Lipinski definition) is 4. The van der Waals surface area contributed by atoms with Gasteiger partial charge in [-0.3, -0.25) is 0 Å². The lowest BCUT2D eigenvalue weighted by Crippen LogP contribution is -2.42. The molecule has 0 saturated heterocycles. The van der Waals surface area contributed by atoms with E-state index < -0.39 is 0 Å². The van der Waals surface area contributed by atoms with Crippen molar-refractivity contribution in [3.05, 3.63) is 16.1 Å². The molecule has 0 amide bonds. The van der Waals surface area contributed by atoms with Crippen LogP contribution in [0.25, 0.3) is 0 Å².